The first-order valence-electron chi connectivity index (χ1n) is 7.37. The number of para-hydroxylation sites is 1. The summed E-state index contributed by atoms with van der Waals surface area (Å²) in [4.78, 5) is 0. The number of anilines is 1. The van der Waals surface area contributed by atoms with Crippen LogP contribution >= 0.6 is 0 Å². The van der Waals surface area contributed by atoms with Gasteiger partial charge in [-0.3, -0.25) is 0 Å². The molecular weight excluding hydrogens is 244 g/mol. The predicted octanol–water partition coefficient (Wildman–Crippen LogP) is 3.60. The van der Waals surface area contributed by atoms with Gasteiger partial charge in [0.05, 0.1) is 5.54 Å². The summed E-state index contributed by atoms with van der Waals surface area (Å²) in [6, 6.07) is 17.1. The zero-order chi connectivity index (χ0) is 14.0. The summed E-state index contributed by atoms with van der Waals surface area (Å²) in [5, 5.41) is 3.74. The van der Waals surface area contributed by atoms with Gasteiger partial charge in [-0.15, -0.1) is 0 Å². The third-order valence-electron chi connectivity index (χ3n) is 4.45. The third-order valence-corrected chi connectivity index (χ3v) is 4.45. The van der Waals surface area contributed by atoms with Gasteiger partial charge in [0.15, 0.2) is 0 Å². The average Bonchev–Trinajstić information content (AvgIpc) is 2.50. The Morgan fingerprint density at radius 1 is 1.10 bits per heavy atom. The minimum absolute atomic E-state index is 0.124. The number of rotatable bonds is 3. The van der Waals surface area contributed by atoms with E-state index in [-0.39, 0.29) is 5.54 Å². The topological polar surface area (TPSA) is 38.0 Å². The van der Waals surface area contributed by atoms with E-state index in [9.17, 15) is 0 Å². The van der Waals surface area contributed by atoms with Crippen LogP contribution in [0.3, 0.4) is 0 Å². The van der Waals surface area contributed by atoms with Gasteiger partial charge in [-0.25, -0.2) is 0 Å². The van der Waals surface area contributed by atoms with Crippen molar-refractivity contribution in [2.45, 2.75) is 31.7 Å². The maximum atomic E-state index is 6.19. The Balaban J connectivity index is 2.03. The molecule has 0 saturated carbocycles. The first-order valence-corrected chi connectivity index (χ1v) is 7.37. The molecule has 1 aliphatic rings. The van der Waals surface area contributed by atoms with Crippen LogP contribution in [0.15, 0.2) is 48.5 Å². The lowest BCUT2D eigenvalue weighted by molar-refractivity contribution is 0.417. The number of nitrogens with one attached hydrogen (secondary N) is 1. The molecule has 1 unspecified atom stereocenters. The van der Waals surface area contributed by atoms with Crippen LogP contribution in [0, 0.1) is 6.92 Å². The van der Waals surface area contributed by atoms with Crippen LogP contribution in [-0.2, 0) is 12.0 Å². The quantitative estimate of drug-likeness (QED) is 0.891. The van der Waals surface area contributed by atoms with E-state index in [1.165, 1.54) is 28.8 Å². The van der Waals surface area contributed by atoms with Gasteiger partial charge in [0, 0.05) is 12.2 Å². The Labute approximate surface area is 121 Å². The molecule has 104 valence electrons. The lowest BCUT2D eigenvalue weighted by atomic mass is 9.76. The van der Waals surface area contributed by atoms with Crippen molar-refractivity contribution < 1.29 is 0 Å². The van der Waals surface area contributed by atoms with Gasteiger partial charge in [0.25, 0.3) is 0 Å². The molecule has 0 bridgehead atoms. The Kier molecular flexibility index (Phi) is 3.49. The van der Waals surface area contributed by atoms with Crippen LogP contribution in [0.4, 0.5) is 5.69 Å². The molecule has 1 aliphatic carbocycles. The molecule has 2 heteroatoms. The average molecular weight is 266 g/mol. The monoisotopic (exact) mass is 266 g/mol. The number of hydrogen-bond donors (Lipinski definition) is 2. The van der Waals surface area contributed by atoms with Gasteiger partial charge < -0.3 is 11.1 Å². The van der Waals surface area contributed by atoms with Crippen LogP contribution < -0.4 is 11.1 Å². The van der Waals surface area contributed by atoms with E-state index in [0.29, 0.717) is 6.54 Å². The number of aryl methyl sites for hydroxylation is 2. The number of nitrogens with two attached hydrogens (primary N) is 1. The van der Waals surface area contributed by atoms with Crippen molar-refractivity contribution in [1.82, 2.24) is 0 Å². The second kappa shape index (κ2) is 5.29. The first kappa shape index (κ1) is 13.2. The van der Waals surface area contributed by atoms with E-state index >= 15 is 0 Å². The van der Waals surface area contributed by atoms with Gasteiger partial charge in [-0.05, 0) is 48.9 Å². The number of benzene rings is 2. The summed E-state index contributed by atoms with van der Waals surface area (Å²) in [6.45, 7) is 2.76. The second-order valence-electron chi connectivity index (χ2n) is 5.74. The fourth-order valence-corrected chi connectivity index (χ4v) is 3.28. The molecule has 3 N–H and O–H groups in total. The molecule has 0 saturated heterocycles. The van der Waals surface area contributed by atoms with E-state index in [2.05, 4.69) is 60.8 Å². The highest BCUT2D eigenvalue weighted by atomic mass is 15.0. The largest absolute Gasteiger partial charge is 0.374 e. The van der Waals surface area contributed by atoms with Crippen molar-refractivity contribution in [3.05, 3.63) is 65.2 Å². The predicted molar refractivity (Wildman–Crippen MR) is 84.9 cm³/mol. The van der Waals surface area contributed by atoms with Gasteiger partial charge >= 0.3 is 0 Å². The highest BCUT2D eigenvalue weighted by Gasteiger charge is 2.35. The van der Waals surface area contributed by atoms with E-state index < -0.39 is 0 Å². The smallest absolute Gasteiger partial charge is 0.0750 e. The summed E-state index contributed by atoms with van der Waals surface area (Å²) in [6.07, 6.45) is 3.44. The van der Waals surface area contributed by atoms with Crippen molar-refractivity contribution in [3.8, 4) is 0 Å². The fourth-order valence-electron chi connectivity index (χ4n) is 3.28. The molecule has 2 nitrogen and oxygen atoms in total. The number of fused-ring (bicyclic) bond motifs is 1. The Morgan fingerprint density at radius 2 is 1.85 bits per heavy atom. The van der Waals surface area contributed by atoms with E-state index in [0.717, 1.165) is 12.8 Å². The molecule has 0 amide bonds. The summed E-state index contributed by atoms with van der Waals surface area (Å²) in [7, 11) is 0. The van der Waals surface area contributed by atoms with Crippen molar-refractivity contribution >= 4 is 5.69 Å². The molecular formula is C18H22N2. The third kappa shape index (κ3) is 2.20. The molecule has 2 aromatic carbocycles. The van der Waals surface area contributed by atoms with Crippen molar-refractivity contribution in [2.24, 2.45) is 5.73 Å². The van der Waals surface area contributed by atoms with E-state index in [1.807, 2.05) is 0 Å². The van der Waals surface area contributed by atoms with Crippen LogP contribution in [0.25, 0.3) is 0 Å². The summed E-state index contributed by atoms with van der Waals surface area (Å²) >= 11 is 0. The second-order valence-corrected chi connectivity index (χ2v) is 5.74. The van der Waals surface area contributed by atoms with E-state index in [1.54, 1.807) is 0 Å². The standard InChI is InChI=1S/C18H22N2/c1-14-7-2-5-11-17(14)20-18(13-19)12-6-9-15-8-3-4-10-16(15)18/h2-5,7-8,10-11,20H,6,9,12-13,19H2,1H3. The van der Waals surface area contributed by atoms with Gasteiger partial charge in [-0.1, -0.05) is 42.5 Å². The molecule has 0 spiro atoms. The van der Waals surface area contributed by atoms with Crippen LogP contribution in [0.5, 0.6) is 0 Å². The van der Waals surface area contributed by atoms with Crippen molar-refractivity contribution in [3.63, 3.8) is 0 Å². The van der Waals surface area contributed by atoms with Crippen LogP contribution in [0.2, 0.25) is 0 Å². The molecule has 2 aromatic rings. The van der Waals surface area contributed by atoms with Gasteiger partial charge in [0.1, 0.15) is 0 Å². The molecule has 0 radical (unpaired) electrons. The van der Waals surface area contributed by atoms with Gasteiger partial charge in [0.2, 0.25) is 0 Å². The Morgan fingerprint density at radius 3 is 2.65 bits per heavy atom. The minimum Gasteiger partial charge on any atom is -0.374 e. The lowest BCUT2D eigenvalue weighted by Crippen LogP contribution is -2.45. The molecule has 1 atom stereocenters. The molecule has 0 aliphatic heterocycles. The van der Waals surface area contributed by atoms with E-state index in [4.69, 9.17) is 5.73 Å². The van der Waals surface area contributed by atoms with Crippen LogP contribution in [-0.4, -0.2) is 6.54 Å². The van der Waals surface area contributed by atoms with Crippen molar-refractivity contribution in [2.75, 3.05) is 11.9 Å². The molecule has 3 rings (SSSR count). The minimum atomic E-state index is -0.124. The lowest BCUT2D eigenvalue weighted by Gasteiger charge is -2.40. The zero-order valence-corrected chi connectivity index (χ0v) is 12.0. The first-order chi connectivity index (χ1) is 9.75. The maximum absolute atomic E-state index is 6.19. The molecule has 0 fully saturated rings. The number of hydrogen-bond acceptors (Lipinski definition) is 2. The molecule has 0 aromatic heterocycles. The summed E-state index contributed by atoms with van der Waals surface area (Å²) in [5.41, 5.74) is 11.3. The maximum Gasteiger partial charge on any atom is 0.0750 e. The molecule has 0 heterocycles. The summed E-state index contributed by atoms with van der Waals surface area (Å²) < 4.78 is 0. The van der Waals surface area contributed by atoms with Crippen LogP contribution in [0.1, 0.15) is 29.5 Å². The summed E-state index contributed by atoms with van der Waals surface area (Å²) in [5.74, 6) is 0. The SMILES string of the molecule is Cc1ccccc1NC1(CN)CCCc2ccccc21. The highest BCUT2D eigenvalue weighted by Crippen LogP contribution is 2.37. The highest BCUT2D eigenvalue weighted by molar-refractivity contribution is 5.55. The normalized spacial score (nSPS) is 21.3. The van der Waals surface area contributed by atoms with Crippen molar-refractivity contribution in [1.29, 1.82) is 0 Å². The fraction of sp³-hybridized carbons (Fsp3) is 0.333. The molecule has 20 heavy (non-hydrogen) atoms. The van der Waals surface area contributed by atoms with Gasteiger partial charge in [-0.2, -0.15) is 0 Å². The Bertz CT molecular complexity index is 606. The Hall–Kier alpha value is -1.80. The zero-order valence-electron chi connectivity index (χ0n) is 12.0.